The number of amides is 1. The van der Waals surface area contributed by atoms with Gasteiger partial charge < -0.3 is 14.5 Å². The summed E-state index contributed by atoms with van der Waals surface area (Å²) in [6.07, 6.45) is 0. The highest BCUT2D eigenvalue weighted by Gasteiger charge is 2.19. The average Bonchev–Trinajstić information content (AvgIpc) is 2.96. The van der Waals surface area contributed by atoms with Gasteiger partial charge in [0.15, 0.2) is 5.58 Å². The summed E-state index contributed by atoms with van der Waals surface area (Å²) in [6, 6.07) is 7.58. The van der Waals surface area contributed by atoms with Crippen molar-refractivity contribution in [2.24, 2.45) is 5.92 Å². The molecule has 1 fully saturated rings. The van der Waals surface area contributed by atoms with Crippen molar-refractivity contribution in [2.45, 2.75) is 13.5 Å². The van der Waals surface area contributed by atoms with Crippen molar-refractivity contribution < 1.29 is 13.9 Å². The fraction of sp³-hybridized carbons (Fsp3) is 0.500. The summed E-state index contributed by atoms with van der Waals surface area (Å²) in [5, 5.41) is 2.90. The lowest BCUT2D eigenvalue weighted by atomic mass is 10.1. The van der Waals surface area contributed by atoms with Crippen LogP contribution in [0.3, 0.4) is 0 Å². The lowest BCUT2D eigenvalue weighted by molar-refractivity contribution is -0.125. The van der Waals surface area contributed by atoms with E-state index in [1.807, 2.05) is 31.2 Å². The molecule has 2 heterocycles. The van der Waals surface area contributed by atoms with Crippen LogP contribution in [0.25, 0.3) is 11.1 Å². The van der Waals surface area contributed by atoms with Gasteiger partial charge in [-0.1, -0.05) is 19.1 Å². The Kier molecular flexibility index (Phi) is 4.70. The number of aromatic nitrogens is 1. The van der Waals surface area contributed by atoms with E-state index in [-0.39, 0.29) is 11.8 Å². The highest BCUT2D eigenvalue weighted by atomic mass is 16.5. The van der Waals surface area contributed by atoms with Gasteiger partial charge in [0.25, 0.3) is 0 Å². The topological polar surface area (TPSA) is 67.6 Å². The molecular formula is C16H21N3O3. The van der Waals surface area contributed by atoms with Crippen molar-refractivity contribution in [3.8, 4) is 0 Å². The zero-order valence-electron chi connectivity index (χ0n) is 12.7. The first-order valence-electron chi connectivity index (χ1n) is 7.64. The number of ether oxygens (including phenoxy) is 1. The zero-order chi connectivity index (χ0) is 15.4. The number of rotatable bonds is 5. The van der Waals surface area contributed by atoms with Gasteiger partial charge in [-0.25, -0.2) is 4.98 Å². The number of hydrogen-bond donors (Lipinski definition) is 1. The molecule has 0 radical (unpaired) electrons. The molecule has 1 N–H and O–H groups in total. The standard InChI is InChI=1S/C16H21N3O3/c1-12(11-19-6-8-21-9-7-19)16(20)17-10-15-18-13-4-2-3-5-14(13)22-15/h2-5,12H,6-11H2,1H3,(H,17,20). The third-order valence-corrected chi connectivity index (χ3v) is 3.84. The molecule has 1 aliphatic rings. The van der Waals surface area contributed by atoms with Crippen LogP contribution in [-0.2, 0) is 16.1 Å². The predicted octanol–water partition coefficient (Wildman–Crippen LogP) is 1.41. The minimum absolute atomic E-state index is 0.0220. The molecule has 6 heteroatoms. The summed E-state index contributed by atoms with van der Waals surface area (Å²) in [4.78, 5) is 18.8. The number of carbonyl (C=O) groups is 1. The second kappa shape index (κ2) is 6.89. The van der Waals surface area contributed by atoms with Crippen LogP contribution in [0, 0.1) is 5.92 Å². The first kappa shape index (κ1) is 15.0. The van der Waals surface area contributed by atoms with Gasteiger partial charge >= 0.3 is 0 Å². The van der Waals surface area contributed by atoms with E-state index < -0.39 is 0 Å². The van der Waals surface area contributed by atoms with E-state index in [4.69, 9.17) is 9.15 Å². The van der Waals surface area contributed by atoms with E-state index in [1.54, 1.807) is 0 Å². The van der Waals surface area contributed by atoms with E-state index in [9.17, 15) is 4.79 Å². The molecule has 0 aliphatic carbocycles. The Labute approximate surface area is 129 Å². The molecule has 1 unspecified atom stereocenters. The SMILES string of the molecule is CC(CN1CCOCC1)C(=O)NCc1nc2ccccc2o1. The van der Waals surface area contributed by atoms with Crippen LogP contribution in [0.15, 0.2) is 28.7 Å². The Bertz CT molecular complexity index is 601. The molecule has 2 aromatic rings. The lowest BCUT2D eigenvalue weighted by Crippen LogP contribution is -2.42. The van der Waals surface area contributed by atoms with Gasteiger partial charge in [0, 0.05) is 25.6 Å². The second-order valence-corrected chi connectivity index (χ2v) is 5.61. The van der Waals surface area contributed by atoms with Gasteiger partial charge in [-0.15, -0.1) is 0 Å². The van der Waals surface area contributed by atoms with Crippen molar-refractivity contribution in [3.63, 3.8) is 0 Å². The fourth-order valence-corrected chi connectivity index (χ4v) is 2.59. The van der Waals surface area contributed by atoms with Crippen molar-refractivity contribution in [1.82, 2.24) is 15.2 Å². The lowest BCUT2D eigenvalue weighted by Gasteiger charge is -2.28. The highest BCUT2D eigenvalue weighted by Crippen LogP contribution is 2.14. The van der Waals surface area contributed by atoms with E-state index in [0.29, 0.717) is 12.4 Å². The molecule has 1 aromatic heterocycles. The van der Waals surface area contributed by atoms with Crippen molar-refractivity contribution in [3.05, 3.63) is 30.2 Å². The number of carbonyl (C=O) groups excluding carboxylic acids is 1. The molecule has 3 rings (SSSR count). The Morgan fingerprint density at radius 1 is 1.36 bits per heavy atom. The van der Waals surface area contributed by atoms with E-state index >= 15 is 0 Å². The fourth-order valence-electron chi connectivity index (χ4n) is 2.59. The molecule has 1 amide bonds. The largest absolute Gasteiger partial charge is 0.439 e. The number of para-hydroxylation sites is 2. The first-order valence-corrected chi connectivity index (χ1v) is 7.64. The molecule has 0 spiro atoms. The number of hydrogen-bond acceptors (Lipinski definition) is 5. The van der Waals surface area contributed by atoms with Gasteiger partial charge in [0.2, 0.25) is 11.8 Å². The van der Waals surface area contributed by atoms with Crippen LogP contribution in [-0.4, -0.2) is 48.6 Å². The maximum absolute atomic E-state index is 12.2. The predicted molar refractivity (Wildman–Crippen MR) is 82.3 cm³/mol. The third-order valence-electron chi connectivity index (χ3n) is 3.84. The first-order chi connectivity index (χ1) is 10.7. The summed E-state index contributed by atoms with van der Waals surface area (Å²) in [5.74, 6) is 0.490. The molecule has 1 aliphatic heterocycles. The smallest absolute Gasteiger partial charge is 0.224 e. The number of benzene rings is 1. The van der Waals surface area contributed by atoms with Crippen LogP contribution in [0.1, 0.15) is 12.8 Å². The van der Waals surface area contributed by atoms with Gasteiger partial charge in [-0.05, 0) is 12.1 Å². The highest BCUT2D eigenvalue weighted by molar-refractivity contribution is 5.78. The van der Waals surface area contributed by atoms with Gasteiger partial charge in [0.1, 0.15) is 5.52 Å². The second-order valence-electron chi connectivity index (χ2n) is 5.61. The summed E-state index contributed by atoms with van der Waals surface area (Å²) >= 11 is 0. The van der Waals surface area contributed by atoms with Crippen LogP contribution >= 0.6 is 0 Å². The number of morpholine rings is 1. The Balaban J connectivity index is 1.50. The van der Waals surface area contributed by atoms with Crippen molar-refractivity contribution in [2.75, 3.05) is 32.8 Å². The molecule has 1 aromatic carbocycles. The minimum Gasteiger partial charge on any atom is -0.439 e. The molecule has 1 saturated heterocycles. The maximum atomic E-state index is 12.2. The summed E-state index contributed by atoms with van der Waals surface area (Å²) < 4.78 is 10.9. The van der Waals surface area contributed by atoms with E-state index in [1.165, 1.54) is 0 Å². The number of nitrogens with zero attached hydrogens (tertiary/aromatic N) is 2. The van der Waals surface area contributed by atoms with E-state index in [2.05, 4.69) is 15.2 Å². The Morgan fingerprint density at radius 2 is 2.14 bits per heavy atom. The van der Waals surface area contributed by atoms with Crippen LogP contribution in [0.5, 0.6) is 0 Å². The summed E-state index contributed by atoms with van der Waals surface area (Å²) in [5.41, 5.74) is 1.56. The number of oxazole rings is 1. The third kappa shape index (κ3) is 3.64. The Hall–Kier alpha value is -1.92. The van der Waals surface area contributed by atoms with Crippen molar-refractivity contribution >= 4 is 17.0 Å². The number of nitrogens with one attached hydrogen (secondary N) is 1. The minimum atomic E-state index is -0.0671. The normalized spacial score (nSPS) is 17.5. The van der Waals surface area contributed by atoms with Gasteiger partial charge in [0.05, 0.1) is 19.8 Å². The van der Waals surface area contributed by atoms with Crippen LogP contribution in [0.4, 0.5) is 0 Å². The molecule has 0 bridgehead atoms. The van der Waals surface area contributed by atoms with Gasteiger partial charge in [-0.2, -0.15) is 0 Å². The van der Waals surface area contributed by atoms with Crippen molar-refractivity contribution in [1.29, 1.82) is 0 Å². The van der Waals surface area contributed by atoms with E-state index in [0.717, 1.165) is 43.9 Å². The Morgan fingerprint density at radius 3 is 2.91 bits per heavy atom. The molecule has 1 atom stereocenters. The molecular weight excluding hydrogens is 282 g/mol. The maximum Gasteiger partial charge on any atom is 0.224 e. The van der Waals surface area contributed by atoms with Gasteiger partial charge in [-0.3, -0.25) is 9.69 Å². The molecule has 22 heavy (non-hydrogen) atoms. The monoisotopic (exact) mass is 303 g/mol. The average molecular weight is 303 g/mol. The summed E-state index contributed by atoms with van der Waals surface area (Å²) in [6.45, 7) is 6.29. The molecule has 0 saturated carbocycles. The van der Waals surface area contributed by atoms with Crippen LogP contribution in [0.2, 0.25) is 0 Å². The summed E-state index contributed by atoms with van der Waals surface area (Å²) in [7, 11) is 0. The van der Waals surface area contributed by atoms with Crippen LogP contribution < -0.4 is 5.32 Å². The quantitative estimate of drug-likeness (QED) is 0.904. The number of fused-ring (bicyclic) bond motifs is 1. The molecule has 6 nitrogen and oxygen atoms in total. The molecule has 118 valence electrons. The zero-order valence-corrected chi connectivity index (χ0v) is 12.7.